The van der Waals surface area contributed by atoms with Crippen LogP contribution in [0.1, 0.15) is 16.7 Å². The fourth-order valence-electron chi connectivity index (χ4n) is 4.42. The number of nitrogens with one attached hydrogen (secondary N) is 2. The number of fused-ring (bicyclic) bond motifs is 1. The number of carbonyl (C=O) groups is 1. The van der Waals surface area contributed by atoms with Crippen LogP contribution in [0.2, 0.25) is 5.02 Å². The van der Waals surface area contributed by atoms with E-state index in [9.17, 15) is 13.2 Å². The Kier molecular flexibility index (Phi) is 10.1. The van der Waals surface area contributed by atoms with Crippen molar-refractivity contribution in [3.05, 3.63) is 141 Å². The predicted molar refractivity (Wildman–Crippen MR) is 179 cm³/mol. The quantitative estimate of drug-likeness (QED) is 0.0900. The number of hydrogen-bond donors (Lipinski definition) is 2. The van der Waals surface area contributed by atoms with Crippen LogP contribution in [0.3, 0.4) is 0 Å². The Morgan fingerprint density at radius 2 is 1.56 bits per heavy atom. The lowest BCUT2D eigenvalue weighted by Gasteiger charge is -2.18. The zero-order chi connectivity index (χ0) is 30.2. The number of sulfonamides is 1. The molecule has 0 bridgehead atoms. The maximum Gasteiger partial charge on any atom is 0.258 e. The van der Waals surface area contributed by atoms with Crippen molar-refractivity contribution in [3.63, 3.8) is 0 Å². The van der Waals surface area contributed by atoms with Crippen LogP contribution in [0.15, 0.2) is 125 Å². The van der Waals surface area contributed by atoms with Crippen LogP contribution >= 0.6 is 34.2 Å². The van der Waals surface area contributed by atoms with Gasteiger partial charge in [-0.05, 0) is 93.4 Å². The normalized spacial score (nSPS) is 12.3. The molecule has 0 radical (unpaired) electrons. The Morgan fingerprint density at radius 3 is 2.30 bits per heavy atom. The Bertz CT molecular complexity index is 1850. The summed E-state index contributed by atoms with van der Waals surface area (Å²) < 4.78 is 36.0. The maximum atomic E-state index is 13.4. The lowest BCUT2D eigenvalue weighted by Crippen LogP contribution is -2.46. The lowest BCUT2D eigenvalue weighted by molar-refractivity contribution is -0.122. The van der Waals surface area contributed by atoms with Crippen molar-refractivity contribution in [1.82, 2.24) is 10.1 Å². The number of carbonyl (C=O) groups excluding carboxylic acids is 1. The SMILES string of the molecule is O=C(N/N=C\c1c(OCc2ccc(Cl)cc2)ccc2ccccc12)[C@@H](Cc1ccccc1)NS(=O)(=O)c1ccc(I)cc1. The van der Waals surface area contributed by atoms with Crippen molar-refractivity contribution in [2.45, 2.75) is 24.0 Å². The van der Waals surface area contributed by atoms with E-state index in [-0.39, 0.29) is 11.3 Å². The third kappa shape index (κ3) is 8.20. The number of hydrazone groups is 1. The molecule has 0 saturated carbocycles. The van der Waals surface area contributed by atoms with E-state index in [4.69, 9.17) is 16.3 Å². The van der Waals surface area contributed by atoms with Crippen LogP contribution in [0.25, 0.3) is 10.8 Å². The first-order valence-electron chi connectivity index (χ1n) is 13.3. The molecule has 1 atom stereocenters. The van der Waals surface area contributed by atoms with E-state index < -0.39 is 22.0 Å². The molecule has 0 aliphatic carbocycles. The molecule has 5 aromatic carbocycles. The standard InChI is InChI=1S/C33H27ClIN3O4S/c34-26-13-10-24(11-14-26)22-42-32-19-12-25-8-4-5-9-29(25)30(32)21-36-37-33(39)31(20-23-6-2-1-3-7-23)38-43(40,41)28-17-15-27(35)16-18-28/h1-19,21,31,38H,20,22H2,(H,37,39)/b36-21-/t31-/m1/s1. The molecule has 0 aliphatic rings. The van der Waals surface area contributed by atoms with E-state index in [0.29, 0.717) is 22.9 Å². The van der Waals surface area contributed by atoms with Gasteiger partial charge in [0.05, 0.1) is 11.1 Å². The summed E-state index contributed by atoms with van der Waals surface area (Å²) in [7, 11) is -3.98. The Morgan fingerprint density at radius 1 is 0.860 bits per heavy atom. The first kappa shape index (κ1) is 30.7. The van der Waals surface area contributed by atoms with Gasteiger partial charge < -0.3 is 4.74 Å². The van der Waals surface area contributed by atoms with Crippen molar-refractivity contribution in [1.29, 1.82) is 0 Å². The Hall–Kier alpha value is -3.77. The second-order valence-corrected chi connectivity index (χ2v) is 13.1. The summed E-state index contributed by atoms with van der Waals surface area (Å²) in [6.45, 7) is 0.308. The van der Waals surface area contributed by atoms with Gasteiger partial charge in [0.15, 0.2) is 0 Å². The number of halogens is 2. The molecule has 0 aliphatic heterocycles. The van der Waals surface area contributed by atoms with E-state index in [0.717, 1.165) is 25.5 Å². The third-order valence-electron chi connectivity index (χ3n) is 6.63. The van der Waals surface area contributed by atoms with Crippen molar-refractivity contribution in [3.8, 4) is 5.75 Å². The van der Waals surface area contributed by atoms with Crippen LogP contribution in [0.4, 0.5) is 0 Å². The minimum atomic E-state index is -3.98. The van der Waals surface area contributed by atoms with Gasteiger partial charge in [0.25, 0.3) is 5.91 Å². The molecular weight excluding hydrogens is 697 g/mol. The molecule has 2 N–H and O–H groups in total. The van der Waals surface area contributed by atoms with Crippen molar-refractivity contribution in [2.75, 3.05) is 0 Å². The first-order valence-corrected chi connectivity index (χ1v) is 16.3. The highest BCUT2D eigenvalue weighted by Gasteiger charge is 2.26. The zero-order valence-electron chi connectivity index (χ0n) is 22.8. The Balaban J connectivity index is 1.38. The third-order valence-corrected chi connectivity index (χ3v) is 9.09. The maximum absolute atomic E-state index is 13.4. The van der Waals surface area contributed by atoms with Crippen molar-refractivity contribution < 1.29 is 17.9 Å². The smallest absolute Gasteiger partial charge is 0.258 e. The van der Waals surface area contributed by atoms with Crippen molar-refractivity contribution in [2.24, 2.45) is 5.10 Å². The molecule has 0 aromatic heterocycles. The van der Waals surface area contributed by atoms with Gasteiger partial charge in [0.2, 0.25) is 10.0 Å². The van der Waals surface area contributed by atoms with Gasteiger partial charge in [-0.1, -0.05) is 84.4 Å². The summed E-state index contributed by atoms with van der Waals surface area (Å²) in [5, 5.41) is 6.74. The second kappa shape index (κ2) is 14.1. The number of rotatable bonds is 11. The van der Waals surface area contributed by atoms with Gasteiger partial charge in [-0.3, -0.25) is 4.79 Å². The van der Waals surface area contributed by atoms with E-state index in [1.165, 1.54) is 18.3 Å². The molecule has 10 heteroatoms. The average Bonchev–Trinajstić information content (AvgIpc) is 3.01. The minimum Gasteiger partial charge on any atom is -0.488 e. The molecule has 5 aromatic rings. The zero-order valence-corrected chi connectivity index (χ0v) is 26.5. The molecule has 43 heavy (non-hydrogen) atoms. The fourth-order valence-corrected chi connectivity index (χ4v) is 6.10. The van der Waals surface area contributed by atoms with E-state index >= 15 is 0 Å². The molecule has 0 spiro atoms. The van der Waals surface area contributed by atoms with Gasteiger partial charge in [-0.25, -0.2) is 13.8 Å². The highest BCUT2D eigenvalue weighted by molar-refractivity contribution is 14.1. The summed E-state index contributed by atoms with van der Waals surface area (Å²) in [5.74, 6) is -0.0232. The van der Waals surface area contributed by atoms with Gasteiger partial charge in [-0.2, -0.15) is 9.82 Å². The lowest BCUT2D eigenvalue weighted by atomic mass is 10.0. The fraction of sp³-hybridized carbons (Fsp3) is 0.0909. The van der Waals surface area contributed by atoms with Gasteiger partial charge in [-0.15, -0.1) is 0 Å². The Labute approximate surface area is 269 Å². The summed E-state index contributed by atoms with van der Waals surface area (Å²) in [5.41, 5.74) is 4.95. The predicted octanol–water partition coefficient (Wildman–Crippen LogP) is 6.72. The molecule has 0 unspecified atom stereocenters. The first-order chi connectivity index (χ1) is 20.8. The second-order valence-electron chi connectivity index (χ2n) is 9.67. The van der Waals surface area contributed by atoms with Crippen LogP contribution < -0.4 is 14.9 Å². The molecule has 0 fully saturated rings. The number of nitrogens with zero attached hydrogens (tertiary/aromatic N) is 1. The van der Waals surface area contributed by atoms with Gasteiger partial charge in [0, 0.05) is 14.2 Å². The van der Waals surface area contributed by atoms with Crippen LogP contribution in [0, 0.1) is 3.57 Å². The van der Waals surface area contributed by atoms with Gasteiger partial charge in [0.1, 0.15) is 18.4 Å². The number of amides is 1. The number of ether oxygens (including phenoxy) is 1. The highest BCUT2D eigenvalue weighted by atomic mass is 127. The van der Waals surface area contributed by atoms with E-state index in [1.807, 2.05) is 78.9 Å². The summed E-state index contributed by atoms with van der Waals surface area (Å²) in [4.78, 5) is 13.5. The molecule has 0 saturated heterocycles. The van der Waals surface area contributed by atoms with Gasteiger partial charge >= 0.3 is 0 Å². The average molecular weight is 724 g/mol. The van der Waals surface area contributed by atoms with Crippen LogP contribution in [-0.4, -0.2) is 26.6 Å². The van der Waals surface area contributed by atoms with Crippen LogP contribution in [-0.2, 0) is 27.8 Å². The summed E-state index contributed by atoms with van der Waals surface area (Å²) in [6.07, 6.45) is 1.65. The van der Waals surface area contributed by atoms with Crippen LogP contribution in [0.5, 0.6) is 5.75 Å². The summed E-state index contributed by atoms with van der Waals surface area (Å²) in [6, 6.07) is 33.5. The molecule has 0 heterocycles. The topological polar surface area (TPSA) is 96.9 Å². The number of hydrogen-bond acceptors (Lipinski definition) is 5. The van der Waals surface area contributed by atoms with E-state index in [1.54, 1.807) is 24.3 Å². The largest absolute Gasteiger partial charge is 0.488 e. The molecular formula is C33H27ClIN3O4S. The molecule has 7 nitrogen and oxygen atoms in total. The summed E-state index contributed by atoms with van der Waals surface area (Å²) >= 11 is 8.11. The van der Waals surface area contributed by atoms with Crippen molar-refractivity contribution >= 4 is 67.1 Å². The highest BCUT2D eigenvalue weighted by Crippen LogP contribution is 2.27. The number of benzene rings is 5. The molecule has 1 amide bonds. The molecule has 5 rings (SSSR count). The van der Waals surface area contributed by atoms with E-state index in [2.05, 4.69) is 37.8 Å². The minimum absolute atomic E-state index is 0.0699. The molecule has 218 valence electrons. The monoisotopic (exact) mass is 723 g/mol.